The van der Waals surface area contributed by atoms with Gasteiger partial charge in [0.25, 0.3) is 5.91 Å². The summed E-state index contributed by atoms with van der Waals surface area (Å²) in [5.41, 5.74) is 2.68. The Hall–Kier alpha value is -2.53. The molecular formula is C22H27FN4O4S. The Bertz CT molecular complexity index is 1050. The first-order valence-electron chi connectivity index (χ1n) is 10.6. The van der Waals surface area contributed by atoms with Crippen LogP contribution < -0.4 is 15.6 Å². The second-order valence-corrected chi connectivity index (χ2v) is 10.2. The third kappa shape index (κ3) is 4.63. The molecule has 2 aromatic rings. The van der Waals surface area contributed by atoms with Crippen LogP contribution in [0.3, 0.4) is 0 Å². The molecule has 0 aromatic heterocycles. The number of nitrogens with one attached hydrogen (secondary N) is 1. The maximum absolute atomic E-state index is 14.8. The number of hydrogen-bond donors (Lipinski definition) is 2. The Morgan fingerprint density at radius 3 is 2.41 bits per heavy atom. The number of ether oxygens (including phenoxy) is 1. The van der Waals surface area contributed by atoms with Gasteiger partial charge < -0.3 is 4.74 Å². The number of halogens is 1. The van der Waals surface area contributed by atoms with Crippen molar-refractivity contribution >= 4 is 21.6 Å². The molecule has 3 N–H and O–H groups in total. The monoisotopic (exact) mass is 462 g/mol. The Morgan fingerprint density at radius 1 is 1.16 bits per heavy atom. The van der Waals surface area contributed by atoms with E-state index >= 15 is 0 Å². The first-order chi connectivity index (χ1) is 15.4. The first-order valence-corrected chi connectivity index (χ1v) is 12.1. The van der Waals surface area contributed by atoms with Crippen molar-refractivity contribution in [3.8, 4) is 0 Å². The van der Waals surface area contributed by atoms with Crippen LogP contribution in [0.5, 0.6) is 0 Å². The van der Waals surface area contributed by atoms with Crippen molar-refractivity contribution in [1.82, 2.24) is 10.3 Å². The molecule has 0 saturated carbocycles. The van der Waals surface area contributed by atoms with Crippen LogP contribution in [0.25, 0.3) is 0 Å². The van der Waals surface area contributed by atoms with E-state index < -0.39 is 27.0 Å². The summed E-state index contributed by atoms with van der Waals surface area (Å²) in [5.74, 6) is 3.83. The molecule has 2 saturated heterocycles. The van der Waals surface area contributed by atoms with E-state index in [1.165, 1.54) is 16.4 Å². The van der Waals surface area contributed by atoms with Crippen molar-refractivity contribution < 1.29 is 22.3 Å². The number of sulfonamides is 1. The molecule has 0 radical (unpaired) electrons. The number of likely N-dealkylation sites (tertiary alicyclic amines) is 1. The minimum atomic E-state index is -3.75. The number of amides is 1. The van der Waals surface area contributed by atoms with Crippen LogP contribution >= 0.6 is 0 Å². The van der Waals surface area contributed by atoms with E-state index in [-0.39, 0.29) is 17.7 Å². The standard InChI is InChI=1S/C22H27FN4O4S/c23-21-12-16(22(28)25-24)6-7-17(21)13-27(18-4-2-1-3-5-18)32(29,30)20-8-10-26(11-9-20)19-14-31-15-19/h1-7,12,19-20H,8-11,13-15,24H2,(H,25,28). The lowest BCUT2D eigenvalue weighted by atomic mass is 10.1. The highest BCUT2D eigenvalue weighted by Gasteiger charge is 2.38. The Morgan fingerprint density at radius 2 is 1.84 bits per heavy atom. The van der Waals surface area contributed by atoms with Crippen molar-refractivity contribution in [2.75, 3.05) is 30.6 Å². The number of piperidine rings is 1. The quantitative estimate of drug-likeness (QED) is 0.368. The van der Waals surface area contributed by atoms with Crippen molar-refractivity contribution in [1.29, 1.82) is 0 Å². The molecule has 2 heterocycles. The van der Waals surface area contributed by atoms with Crippen molar-refractivity contribution in [2.45, 2.75) is 30.7 Å². The zero-order chi connectivity index (χ0) is 22.7. The van der Waals surface area contributed by atoms with E-state index in [0.717, 1.165) is 6.07 Å². The normalized spacial score (nSPS) is 18.2. The SMILES string of the molecule is NNC(=O)c1ccc(CN(c2ccccc2)S(=O)(=O)C2CCN(C3COC3)CC2)c(F)c1. The smallest absolute Gasteiger partial charge is 0.265 e. The maximum Gasteiger partial charge on any atom is 0.265 e. The summed E-state index contributed by atoms with van der Waals surface area (Å²) in [6.07, 6.45) is 1.03. The van der Waals surface area contributed by atoms with Gasteiger partial charge >= 0.3 is 0 Å². The summed E-state index contributed by atoms with van der Waals surface area (Å²) in [6.45, 7) is 2.62. The van der Waals surface area contributed by atoms with Crippen LogP contribution in [0, 0.1) is 5.82 Å². The van der Waals surface area contributed by atoms with Crippen LogP contribution in [0.1, 0.15) is 28.8 Å². The van der Waals surface area contributed by atoms with Gasteiger partial charge in [-0.1, -0.05) is 24.3 Å². The highest BCUT2D eigenvalue weighted by molar-refractivity contribution is 7.93. The summed E-state index contributed by atoms with van der Waals surface area (Å²) in [4.78, 5) is 13.9. The van der Waals surface area contributed by atoms with Gasteiger partial charge in [0.05, 0.1) is 36.7 Å². The Balaban J connectivity index is 1.58. The second kappa shape index (κ2) is 9.53. The number of nitrogen functional groups attached to an aromatic ring is 1. The van der Waals surface area contributed by atoms with Gasteiger partial charge in [-0.25, -0.2) is 18.7 Å². The average Bonchev–Trinajstić information content (AvgIpc) is 2.77. The molecule has 8 nitrogen and oxygen atoms in total. The molecule has 0 unspecified atom stereocenters. The maximum atomic E-state index is 14.8. The minimum absolute atomic E-state index is 0.0650. The van der Waals surface area contributed by atoms with E-state index in [0.29, 0.717) is 50.9 Å². The molecule has 10 heteroatoms. The minimum Gasteiger partial charge on any atom is -0.378 e. The molecule has 1 amide bonds. The number of para-hydroxylation sites is 1. The molecule has 2 aliphatic heterocycles. The number of nitrogens with zero attached hydrogens (tertiary/aromatic N) is 2. The van der Waals surface area contributed by atoms with Gasteiger partial charge in [0, 0.05) is 11.1 Å². The first kappa shape index (κ1) is 22.7. The Kier molecular flexibility index (Phi) is 6.75. The molecule has 0 atom stereocenters. The van der Waals surface area contributed by atoms with Gasteiger partial charge in [-0.15, -0.1) is 0 Å². The summed E-state index contributed by atoms with van der Waals surface area (Å²) < 4.78 is 48.6. The predicted molar refractivity (Wildman–Crippen MR) is 119 cm³/mol. The van der Waals surface area contributed by atoms with Gasteiger partial charge in [-0.3, -0.25) is 19.4 Å². The lowest BCUT2D eigenvalue weighted by Gasteiger charge is -2.42. The van der Waals surface area contributed by atoms with Crippen LogP contribution in [0.2, 0.25) is 0 Å². The molecule has 172 valence electrons. The van der Waals surface area contributed by atoms with Crippen LogP contribution in [-0.2, 0) is 21.3 Å². The molecule has 0 aliphatic carbocycles. The number of nitrogens with two attached hydrogens (primary N) is 1. The van der Waals surface area contributed by atoms with Crippen LogP contribution in [0.4, 0.5) is 10.1 Å². The van der Waals surface area contributed by atoms with Gasteiger partial charge in [-0.2, -0.15) is 0 Å². The van der Waals surface area contributed by atoms with Crippen LogP contribution in [0.15, 0.2) is 48.5 Å². The second-order valence-electron chi connectivity index (χ2n) is 8.09. The fourth-order valence-corrected chi connectivity index (χ4v) is 6.03. The third-order valence-corrected chi connectivity index (χ3v) is 8.41. The molecule has 32 heavy (non-hydrogen) atoms. The number of hydrazine groups is 1. The summed E-state index contributed by atoms with van der Waals surface area (Å²) in [5, 5.41) is -0.551. The molecule has 0 spiro atoms. The van der Waals surface area contributed by atoms with Crippen molar-refractivity contribution in [3.05, 3.63) is 65.5 Å². The number of rotatable bonds is 7. The fraction of sp³-hybridized carbons (Fsp3) is 0.409. The summed E-state index contributed by atoms with van der Waals surface area (Å²) in [6, 6.07) is 13.0. The van der Waals surface area contributed by atoms with E-state index in [1.54, 1.807) is 30.3 Å². The lowest BCUT2D eigenvalue weighted by molar-refractivity contribution is -0.0695. The Labute approximate surface area is 187 Å². The van der Waals surface area contributed by atoms with E-state index in [4.69, 9.17) is 10.6 Å². The molecular weight excluding hydrogens is 435 g/mol. The number of carbonyl (C=O) groups excluding carboxylic acids is 1. The number of hydrogen-bond acceptors (Lipinski definition) is 6. The van der Waals surface area contributed by atoms with E-state index in [1.807, 2.05) is 5.43 Å². The van der Waals surface area contributed by atoms with Crippen LogP contribution in [-0.4, -0.2) is 56.8 Å². The van der Waals surface area contributed by atoms with E-state index in [2.05, 4.69) is 4.90 Å². The molecule has 0 bridgehead atoms. The zero-order valence-corrected chi connectivity index (χ0v) is 18.4. The highest BCUT2D eigenvalue weighted by atomic mass is 32.2. The van der Waals surface area contributed by atoms with Crippen molar-refractivity contribution in [3.63, 3.8) is 0 Å². The largest absolute Gasteiger partial charge is 0.378 e. The summed E-state index contributed by atoms with van der Waals surface area (Å²) >= 11 is 0. The average molecular weight is 463 g/mol. The highest BCUT2D eigenvalue weighted by Crippen LogP contribution is 2.29. The lowest BCUT2D eigenvalue weighted by Crippen LogP contribution is -2.54. The topological polar surface area (TPSA) is 105 Å². The van der Waals surface area contributed by atoms with Gasteiger partial charge in [0.15, 0.2) is 0 Å². The zero-order valence-electron chi connectivity index (χ0n) is 17.6. The fourth-order valence-electron chi connectivity index (χ4n) is 4.13. The van der Waals surface area contributed by atoms with Crippen molar-refractivity contribution in [2.24, 2.45) is 5.84 Å². The van der Waals surface area contributed by atoms with Gasteiger partial charge in [0.2, 0.25) is 10.0 Å². The number of benzene rings is 2. The predicted octanol–water partition coefficient (Wildman–Crippen LogP) is 1.63. The van der Waals surface area contributed by atoms with Gasteiger partial charge in [-0.05, 0) is 50.2 Å². The summed E-state index contributed by atoms with van der Waals surface area (Å²) in [7, 11) is -3.75. The third-order valence-electron chi connectivity index (χ3n) is 6.15. The molecule has 2 fully saturated rings. The van der Waals surface area contributed by atoms with Gasteiger partial charge in [0.1, 0.15) is 5.82 Å². The molecule has 2 aromatic carbocycles. The number of anilines is 1. The number of carbonyl (C=O) groups is 1. The molecule has 2 aliphatic rings. The van der Waals surface area contributed by atoms with E-state index in [9.17, 15) is 17.6 Å². The molecule has 4 rings (SSSR count).